The lowest BCUT2D eigenvalue weighted by Gasteiger charge is -2.46. The molecule has 96 valence electrons. The molecule has 0 amide bonds. The van der Waals surface area contributed by atoms with Gasteiger partial charge in [0.15, 0.2) is 0 Å². The molecule has 0 spiro atoms. The molecule has 0 aliphatic carbocycles. The molecule has 2 heterocycles. The van der Waals surface area contributed by atoms with Crippen LogP contribution in [0.25, 0.3) is 0 Å². The lowest BCUT2D eigenvalue weighted by molar-refractivity contribution is 0.145. The van der Waals surface area contributed by atoms with Gasteiger partial charge in [-0.3, -0.25) is 0 Å². The Morgan fingerprint density at radius 3 is 2.53 bits per heavy atom. The van der Waals surface area contributed by atoms with Gasteiger partial charge in [0.2, 0.25) is 0 Å². The summed E-state index contributed by atoms with van der Waals surface area (Å²) in [4.78, 5) is 0. The van der Waals surface area contributed by atoms with Crippen LogP contribution in [0.5, 0.6) is 0 Å². The van der Waals surface area contributed by atoms with Crippen LogP contribution in [-0.2, 0) is 6.54 Å². The van der Waals surface area contributed by atoms with E-state index in [-0.39, 0.29) is 11.1 Å². The van der Waals surface area contributed by atoms with E-state index in [9.17, 15) is 0 Å². The maximum Gasteiger partial charge on any atom is 0.0893 e. The molecule has 1 saturated heterocycles. The third-order valence-corrected chi connectivity index (χ3v) is 3.72. The van der Waals surface area contributed by atoms with E-state index >= 15 is 0 Å². The van der Waals surface area contributed by atoms with Crippen molar-refractivity contribution in [2.24, 2.45) is 0 Å². The number of nitrogens with zero attached hydrogens (tertiary/aromatic N) is 2. The van der Waals surface area contributed by atoms with Crippen LogP contribution in [0.3, 0.4) is 0 Å². The van der Waals surface area contributed by atoms with Crippen LogP contribution in [-0.4, -0.2) is 26.7 Å². The number of piperidine rings is 1. The first kappa shape index (κ1) is 12.9. The van der Waals surface area contributed by atoms with Crippen molar-refractivity contribution in [3.63, 3.8) is 0 Å². The Morgan fingerprint density at radius 1 is 1.35 bits per heavy atom. The summed E-state index contributed by atoms with van der Waals surface area (Å²) in [5, 5.41) is 13.4. The molecule has 1 aromatic rings. The molecule has 0 atom stereocenters. The van der Waals surface area contributed by atoms with Gasteiger partial charge in [-0.15, -0.1) is 5.10 Å². The van der Waals surface area contributed by atoms with Crippen molar-refractivity contribution in [2.45, 2.75) is 64.2 Å². The summed E-state index contributed by atoms with van der Waals surface area (Å²) in [5.41, 5.74) is 1.43. The molecular formula is C12H22N4S. The Hall–Kier alpha value is -0.520. The highest BCUT2D eigenvalue weighted by Crippen LogP contribution is 2.28. The van der Waals surface area contributed by atoms with E-state index in [4.69, 9.17) is 0 Å². The molecule has 0 radical (unpaired) electrons. The summed E-state index contributed by atoms with van der Waals surface area (Å²) < 4.78 is 3.88. The molecule has 1 fully saturated rings. The molecule has 1 aliphatic heterocycles. The Labute approximate surface area is 107 Å². The molecule has 2 rings (SSSR count). The van der Waals surface area contributed by atoms with Gasteiger partial charge in [-0.05, 0) is 52.1 Å². The van der Waals surface area contributed by atoms with Crippen molar-refractivity contribution in [3.05, 3.63) is 11.1 Å². The zero-order chi connectivity index (χ0) is 12.5. The summed E-state index contributed by atoms with van der Waals surface area (Å²) in [7, 11) is 0. The van der Waals surface area contributed by atoms with Gasteiger partial charge in [-0.2, -0.15) is 0 Å². The number of hydrogen-bond donors (Lipinski definition) is 2. The molecule has 0 saturated carbocycles. The van der Waals surface area contributed by atoms with Crippen LogP contribution >= 0.6 is 11.5 Å². The van der Waals surface area contributed by atoms with Crippen LogP contribution < -0.4 is 10.6 Å². The van der Waals surface area contributed by atoms with Gasteiger partial charge in [0, 0.05) is 29.0 Å². The fourth-order valence-corrected chi connectivity index (χ4v) is 3.43. The van der Waals surface area contributed by atoms with Gasteiger partial charge in [0.1, 0.15) is 0 Å². The molecule has 5 heteroatoms. The standard InChI is InChI=1S/C12H22N4S/c1-11(2)5-9(6-12(3,4)15-11)13-7-10-8-17-16-14-10/h8-9,13,15H,5-7H2,1-4H3. The fourth-order valence-electron chi connectivity index (χ4n) is 2.98. The molecule has 0 bridgehead atoms. The first-order valence-corrected chi connectivity index (χ1v) is 6.99. The predicted molar refractivity (Wildman–Crippen MR) is 71.1 cm³/mol. The van der Waals surface area contributed by atoms with Crippen LogP contribution in [0.2, 0.25) is 0 Å². The van der Waals surface area contributed by atoms with E-state index in [2.05, 4.69) is 47.9 Å². The SMILES string of the molecule is CC1(C)CC(NCc2csnn2)CC(C)(C)N1. The Kier molecular flexibility index (Phi) is 3.52. The second kappa shape index (κ2) is 4.63. The number of rotatable bonds is 3. The summed E-state index contributed by atoms with van der Waals surface area (Å²) >= 11 is 1.41. The Morgan fingerprint density at radius 2 is 2.00 bits per heavy atom. The van der Waals surface area contributed by atoms with Gasteiger partial charge in [0.05, 0.1) is 5.69 Å². The van der Waals surface area contributed by atoms with Crippen molar-refractivity contribution in [3.8, 4) is 0 Å². The second-order valence-electron chi connectivity index (χ2n) is 6.28. The minimum absolute atomic E-state index is 0.194. The summed E-state index contributed by atoms with van der Waals surface area (Å²) in [6.07, 6.45) is 2.29. The zero-order valence-corrected chi connectivity index (χ0v) is 11.9. The van der Waals surface area contributed by atoms with E-state index in [0.29, 0.717) is 6.04 Å². The van der Waals surface area contributed by atoms with Crippen LogP contribution in [0, 0.1) is 0 Å². The van der Waals surface area contributed by atoms with Gasteiger partial charge in [-0.25, -0.2) is 0 Å². The Bertz CT molecular complexity index is 343. The highest BCUT2D eigenvalue weighted by atomic mass is 32.1. The maximum atomic E-state index is 4.06. The van der Waals surface area contributed by atoms with E-state index in [1.54, 1.807) is 0 Å². The summed E-state index contributed by atoms with van der Waals surface area (Å²) in [5.74, 6) is 0. The Balaban J connectivity index is 1.92. The van der Waals surface area contributed by atoms with Crippen molar-refractivity contribution in [1.82, 2.24) is 20.2 Å². The first-order chi connectivity index (χ1) is 7.86. The number of nitrogens with one attached hydrogen (secondary N) is 2. The smallest absolute Gasteiger partial charge is 0.0893 e. The molecule has 1 aliphatic rings. The number of hydrogen-bond acceptors (Lipinski definition) is 5. The molecule has 2 N–H and O–H groups in total. The van der Waals surface area contributed by atoms with Crippen molar-refractivity contribution >= 4 is 11.5 Å². The van der Waals surface area contributed by atoms with Crippen molar-refractivity contribution in [1.29, 1.82) is 0 Å². The monoisotopic (exact) mass is 254 g/mol. The quantitative estimate of drug-likeness (QED) is 0.865. The number of aromatic nitrogens is 2. The minimum atomic E-state index is 0.194. The maximum absolute atomic E-state index is 4.06. The lowest BCUT2D eigenvalue weighted by Crippen LogP contribution is -2.61. The summed E-state index contributed by atoms with van der Waals surface area (Å²) in [6, 6.07) is 0.544. The van der Waals surface area contributed by atoms with Gasteiger partial charge in [0.25, 0.3) is 0 Å². The molecule has 4 nitrogen and oxygen atoms in total. The van der Waals surface area contributed by atoms with Gasteiger partial charge >= 0.3 is 0 Å². The third-order valence-electron chi connectivity index (χ3n) is 3.17. The molecule has 0 aromatic carbocycles. The van der Waals surface area contributed by atoms with Crippen LogP contribution in [0.15, 0.2) is 5.38 Å². The first-order valence-electron chi connectivity index (χ1n) is 6.15. The van der Waals surface area contributed by atoms with Crippen molar-refractivity contribution in [2.75, 3.05) is 0 Å². The van der Waals surface area contributed by atoms with E-state index in [1.807, 2.05) is 5.38 Å². The summed E-state index contributed by atoms with van der Waals surface area (Å²) in [6.45, 7) is 9.91. The highest BCUT2D eigenvalue weighted by molar-refractivity contribution is 7.03. The third kappa shape index (κ3) is 3.72. The largest absolute Gasteiger partial charge is 0.308 e. The topological polar surface area (TPSA) is 49.8 Å². The second-order valence-corrected chi connectivity index (χ2v) is 6.88. The molecule has 17 heavy (non-hydrogen) atoms. The zero-order valence-electron chi connectivity index (χ0n) is 11.1. The van der Waals surface area contributed by atoms with E-state index < -0.39 is 0 Å². The van der Waals surface area contributed by atoms with Crippen LogP contribution in [0.1, 0.15) is 46.2 Å². The average molecular weight is 254 g/mol. The van der Waals surface area contributed by atoms with Gasteiger partial charge in [-0.1, -0.05) is 4.49 Å². The van der Waals surface area contributed by atoms with Crippen LogP contribution in [0.4, 0.5) is 0 Å². The fraction of sp³-hybridized carbons (Fsp3) is 0.833. The van der Waals surface area contributed by atoms with E-state index in [0.717, 1.165) is 25.1 Å². The average Bonchev–Trinajstić information content (AvgIpc) is 2.61. The normalized spacial score (nSPS) is 23.8. The van der Waals surface area contributed by atoms with Gasteiger partial charge < -0.3 is 10.6 Å². The minimum Gasteiger partial charge on any atom is -0.308 e. The predicted octanol–water partition coefficient (Wildman–Crippen LogP) is 1.94. The molecular weight excluding hydrogens is 232 g/mol. The van der Waals surface area contributed by atoms with Crippen molar-refractivity contribution < 1.29 is 0 Å². The molecule has 0 unspecified atom stereocenters. The molecule has 1 aromatic heterocycles. The highest BCUT2D eigenvalue weighted by Gasteiger charge is 2.37. The van der Waals surface area contributed by atoms with E-state index in [1.165, 1.54) is 11.5 Å². The lowest BCUT2D eigenvalue weighted by atomic mass is 9.79.